The van der Waals surface area contributed by atoms with Crippen molar-refractivity contribution in [3.05, 3.63) is 38.4 Å². The minimum absolute atomic E-state index is 0.0451. The predicted octanol–water partition coefficient (Wildman–Crippen LogP) is 4.57. The van der Waals surface area contributed by atoms with Crippen LogP contribution >= 0.6 is 15.9 Å². The van der Waals surface area contributed by atoms with Gasteiger partial charge in [0.1, 0.15) is 5.60 Å². The molecule has 0 unspecified atom stereocenters. The molecule has 0 atom stereocenters. The van der Waals surface area contributed by atoms with Crippen LogP contribution in [0.25, 0.3) is 22.0 Å². The highest BCUT2D eigenvalue weighted by Crippen LogP contribution is 2.39. The van der Waals surface area contributed by atoms with Crippen LogP contribution in [0.15, 0.2) is 25.8 Å². The van der Waals surface area contributed by atoms with Gasteiger partial charge < -0.3 is 19.0 Å². The molecule has 28 heavy (non-hydrogen) atoms. The predicted molar refractivity (Wildman–Crippen MR) is 110 cm³/mol. The SMILES string of the molecule is Cc1c(Br)ccc2c3oc(CNC(=O)OC(C)(C)C)nc3c(=O)n(C3CC3)c12. The Balaban J connectivity index is 1.78. The van der Waals surface area contributed by atoms with E-state index in [0.29, 0.717) is 11.1 Å². The van der Waals surface area contributed by atoms with Crippen molar-refractivity contribution in [1.29, 1.82) is 0 Å². The number of nitrogens with one attached hydrogen (secondary N) is 1. The lowest BCUT2D eigenvalue weighted by Crippen LogP contribution is -2.32. The van der Waals surface area contributed by atoms with Gasteiger partial charge in [-0.2, -0.15) is 0 Å². The van der Waals surface area contributed by atoms with Gasteiger partial charge in [-0.3, -0.25) is 4.79 Å². The molecule has 0 radical (unpaired) electrons. The van der Waals surface area contributed by atoms with Crippen molar-refractivity contribution in [2.45, 2.75) is 58.7 Å². The van der Waals surface area contributed by atoms with E-state index in [0.717, 1.165) is 33.8 Å². The number of oxazole rings is 1. The summed E-state index contributed by atoms with van der Waals surface area (Å²) in [6, 6.07) is 4.08. The molecule has 148 valence electrons. The Kier molecular flexibility index (Phi) is 4.49. The second kappa shape index (κ2) is 6.62. The molecule has 1 fully saturated rings. The first-order valence-corrected chi connectivity index (χ1v) is 10.0. The van der Waals surface area contributed by atoms with Crippen LogP contribution in [0.4, 0.5) is 4.79 Å². The molecule has 0 saturated heterocycles. The van der Waals surface area contributed by atoms with Crippen LogP contribution in [0.2, 0.25) is 0 Å². The number of hydrogen-bond acceptors (Lipinski definition) is 5. The van der Waals surface area contributed by atoms with Gasteiger partial charge in [-0.05, 0) is 58.2 Å². The van der Waals surface area contributed by atoms with Crippen LogP contribution in [0.1, 0.15) is 51.1 Å². The Bertz CT molecular complexity index is 1150. The molecule has 1 aliphatic rings. The first kappa shape index (κ1) is 19.0. The van der Waals surface area contributed by atoms with Crippen molar-refractivity contribution >= 4 is 44.0 Å². The molecular formula is C20H22BrN3O4. The summed E-state index contributed by atoms with van der Waals surface area (Å²) >= 11 is 3.56. The number of ether oxygens (including phenoxy) is 1. The summed E-state index contributed by atoms with van der Waals surface area (Å²) in [5.74, 6) is 0.272. The van der Waals surface area contributed by atoms with E-state index in [1.807, 2.05) is 23.6 Å². The maximum atomic E-state index is 13.1. The lowest BCUT2D eigenvalue weighted by Gasteiger charge is -2.19. The van der Waals surface area contributed by atoms with Crippen molar-refractivity contribution in [3.63, 3.8) is 0 Å². The Morgan fingerprint density at radius 1 is 1.39 bits per heavy atom. The summed E-state index contributed by atoms with van der Waals surface area (Å²) in [5.41, 5.74) is 1.87. The van der Waals surface area contributed by atoms with E-state index in [1.165, 1.54) is 0 Å². The van der Waals surface area contributed by atoms with E-state index >= 15 is 0 Å². The molecule has 4 rings (SSSR count). The molecule has 2 aromatic heterocycles. The molecule has 3 aromatic rings. The number of rotatable bonds is 3. The van der Waals surface area contributed by atoms with Crippen molar-refractivity contribution < 1.29 is 13.9 Å². The van der Waals surface area contributed by atoms with Crippen LogP contribution in [0, 0.1) is 6.92 Å². The Labute approximate surface area is 170 Å². The summed E-state index contributed by atoms with van der Waals surface area (Å²) in [5, 5.41) is 3.47. The highest BCUT2D eigenvalue weighted by Gasteiger charge is 2.30. The van der Waals surface area contributed by atoms with Gasteiger partial charge in [0.15, 0.2) is 11.1 Å². The van der Waals surface area contributed by atoms with E-state index in [-0.39, 0.29) is 24.0 Å². The quantitative estimate of drug-likeness (QED) is 0.634. The normalized spacial score (nSPS) is 14.6. The number of halogens is 1. The van der Waals surface area contributed by atoms with Gasteiger partial charge in [0, 0.05) is 15.9 Å². The van der Waals surface area contributed by atoms with Crippen LogP contribution in [0.3, 0.4) is 0 Å². The third-order valence-electron chi connectivity index (χ3n) is 4.64. The van der Waals surface area contributed by atoms with Crippen molar-refractivity contribution in [1.82, 2.24) is 14.9 Å². The summed E-state index contributed by atoms with van der Waals surface area (Å²) in [7, 11) is 0. The molecule has 0 spiro atoms. The summed E-state index contributed by atoms with van der Waals surface area (Å²) in [6.45, 7) is 7.40. The first-order valence-electron chi connectivity index (χ1n) is 9.25. The molecule has 1 saturated carbocycles. The zero-order chi connectivity index (χ0) is 20.2. The van der Waals surface area contributed by atoms with Crippen LogP contribution in [-0.2, 0) is 11.3 Å². The Hall–Kier alpha value is -2.35. The van der Waals surface area contributed by atoms with E-state index in [9.17, 15) is 9.59 Å². The van der Waals surface area contributed by atoms with Gasteiger partial charge in [-0.15, -0.1) is 0 Å². The minimum Gasteiger partial charge on any atom is -0.444 e. The smallest absolute Gasteiger partial charge is 0.408 e. The molecular weight excluding hydrogens is 426 g/mol. The first-order chi connectivity index (χ1) is 13.2. The fourth-order valence-electron chi connectivity index (χ4n) is 3.30. The monoisotopic (exact) mass is 447 g/mol. The Morgan fingerprint density at radius 2 is 2.11 bits per heavy atom. The molecule has 1 N–H and O–H groups in total. The molecule has 8 heteroatoms. The lowest BCUT2D eigenvalue weighted by molar-refractivity contribution is 0.0519. The minimum atomic E-state index is -0.593. The Morgan fingerprint density at radius 3 is 2.75 bits per heavy atom. The summed E-state index contributed by atoms with van der Waals surface area (Å²) in [4.78, 5) is 29.4. The van der Waals surface area contributed by atoms with Crippen molar-refractivity contribution in [2.75, 3.05) is 0 Å². The lowest BCUT2D eigenvalue weighted by atomic mass is 10.1. The van der Waals surface area contributed by atoms with Gasteiger partial charge >= 0.3 is 6.09 Å². The number of amides is 1. The number of aromatic nitrogens is 2. The van der Waals surface area contributed by atoms with Crippen molar-refractivity contribution in [2.24, 2.45) is 0 Å². The highest BCUT2D eigenvalue weighted by molar-refractivity contribution is 9.10. The second-order valence-electron chi connectivity index (χ2n) is 8.12. The van der Waals surface area contributed by atoms with Crippen LogP contribution in [0.5, 0.6) is 0 Å². The zero-order valence-corrected chi connectivity index (χ0v) is 17.8. The van der Waals surface area contributed by atoms with Gasteiger partial charge in [-0.25, -0.2) is 9.78 Å². The second-order valence-corrected chi connectivity index (χ2v) is 8.97. The number of benzene rings is 1. The van der Waals surface area contributed by atoms with Gasteiger partial charge in [0.2, 0.25) is 5.89 Å². The van der Waals surface area contributed by atoms with E-state index in [2.05, 4.69) is 26.2 Å². The van der Waals surface area contributed by atoms with Crippen LogP contribution in [-0.4, -0.2) is 21.2 Å². The largest absolute Gasteiger partial charge is 0.444 e. The average Bonchev–Trinajstić information content (AvgIpc) is 3.33. The number of carbonyl (C=O) groups is 1. The van der Waals surface area contributed by atoms with E-state index in [1.54, 1.807) is 20.8 Å². The fourth-order valence-corrected chi connectivity index (χ4v) is 3.62. The van der Waals surface area contributed by atoms with Gasteiger partial charge in [-0.1, -0.05) is 15.9 Å². The average molecular weight is 448 g/mol. The molecule has 0 bridgehead atoms. The number of aryl methyl sites for hydroxylation is 1. The maximum Gasteiger partial charge on any atom is 0.408 e. The van der Waals surface area contributed by atoms with E-state index in [4.69, 9.17) is 9.15 Å². The number of hydrogen-bond donors (Lipinski definition) is 1. The summed E-state index contributed by atoms with van der Waals surface area (Å²) in [6.07, 6.45) is 1.41. The molecule has 2 heterocycles. The zero-order valence-electron chi connectivity index (χ0n) is 16.3. The number of fused-ring (bicyclic) bond motifs is 3. The maximum absolute atomic E-state index is 13.1. The topological polar surface area (TPSA) is 86.4 Å². The highest BCUT2D eigenvalue weighted by atomic mass is 79.9. The third-order valence-corrected chi connectivity index (χ3v) is 5.50. The molecule has 7 nitrogen and oxygen atoms in total. The third kappa shape index (κ3) is 3.41. The van der Waals surface area contributed by atoms with Gasteiger partial charge in [0.05, 0.1) is 12.1 Å². The fraction of sp³-hybridized carbons (Fsp3) is 0.450. The molecule has 1 aliphatic carbocycles. The number of pyridine rings is 1. The number of carbonyl (C=O) groups excluding carboxylic acids is 1. The molecule has 0 aliphatic heterocycles. The number of alkyl carbamates (subject to hydrolysis) is 1. The standard InChI is InChI=1S/C20H22BrN3O4/c1-10-13(21)8-7-12-16(10)24(11-5-6-11)18(25)15-17(12)27-14(23-15)9-22-19(26)28-20(2,3)4/h7-8,11H,5-6,9H2,1-4H3,(H,22,26). The molecule has 1 amide bonds. The van der Waals surface area contributed by atoms with Gasteiger partial charge in [0.25, 0.3) is 5.56 Å². The number of nitrogens with zero attached hydrogens (tertiary/aromatic N) is 2. The summed E-state index contributed by atoms with van der Waals surface area (Å²) < 4.78 is 13.9. The van der Waals surface area contributed by atoms with E-state index < -0.39 is 11.7 Å². The van der Waals surface area contributed by atoms with Crippen LogP contribution < -0.4 is 10.9 Å². The van der Waals surface area contributed by atoms with Crippen molar-refractivity contribution in [3.8, 4) is 0 Å². The molecule has 1 aromatic carbocycles.